The SMILES string of the molecule is CC(C)COc1ccc(Cl)cc1B1OC(C)(C)C(C)(C)O1. The predicted octanol–water partition coefficient (Wildman–Crippen LogP) is 3.67. The lowest BCUT2D eigenvalue weighted by Crippen LogP contribution is -2.41. The lowest BCUT2D eigenvalue weighted by Gasteiger charge is -2.32. The van der Waals surface area contributed by atoms with Crippen molar-refractivity contribution in [1.29, 1.82) is 0 Å². The summed E-state index contributed by atoms with van der Waals surface area (Å²) in [6, 6.07) is 5.57. The largest absolute Gasteiger partial charge is 0.498 e. The van der Waals surface area contributed by atoms with Crippen LogP contribution in [0.1, 0.15) is 41.5 Å². The van der Waals surface area contributed by atoms with E-state index in [1.54, 1.807) is 0 Å². The molecule has 1 aromatic carbocycles. The fraction of sp³-hybridized carbons (Fsp3) is 0.625. The minimum Gasteiger partial charge on any atom is -0.494 e. The highest BCUT2D eigenvalue weighted by molar-refractivity contribution is 6.63. The van der Waals surface area contributed by atoms with Gasteiger partial charge in [0, 0.05) is 10.5 Å². The minimum atomic E-state index is -0.462. The summed E-state index contributed by atoms with van der Waals surface area (Å²) in [6.45, 7) is 13.0. The van der Waals surface area contributed by atoms with Crippen molar-refractivity contribution in [2.24, 2.45) is 5.92 Å². The molecular weight excluding hydrogens is 286 g/mol. The Kier molecular flexibility index (Phi) is 4.62. The van der Waals surface area contributed by atoms with Gasteiger partial charge in [0.1, 0.15) is 5.75 Å². The molecule has 0 N–H and O–H groups in total. The van der Waals surface area contributed by atoms with Crippen molar-refractivity contribution in [1.82, 2.24) is 0 Å². The Morgan fingerprint density at radius 2 is 1.71 bits per heavy atom. The molecule has 0 radical (unpaired) electrons. The van der Waals surface area contributed by atoms with E-state index in [9.17, 15) is 0 Å². The molecule has 0 saturated carbocycles. The van der Waals surface area contributed by atoms with Crippen LogP contribution in [0.25, 0.3) is 0 Å². The zero-order valence-corrected chi connectivity index (χ0v) is 14.5. The summed E-state index contributed by atoms with van der Waals surface area (Å²) in [5.74, 6) is 1.22. The second-order valence-electron chi connectivity index (χ2n) is 6.98. The number of hydrogen-bond acceptors (Lipinski definition) is 3. The van der Waals surface area contributed by atoms with Crippen LogP contribution < -0.4 is 10.2 Å². The highest BCUT2D eigenvalue weighted by Gasteiger charge is 2.52. The topological polar surface area (TPSA) is 27.7 Å². The van der Waals surface area contributed by atoms with E-state index in [1.807, 2.05) is 45.9 Å². The Hall–Kier alpha value is -0.705. The van der Waals surface area contributed by atoms with Crippen molar-refractivity contribution in [3.05, 3.63) is 23.2 Å². The smallest absolute Gasteiger partial charge is 0.494 e. The van der Waals surface area contributed by atoms with Crippen LogP contribution in [0, 0.1) is 5.92 Å². The van der Waals surface area contributed by atoms with E-state index in [1.165, 1.54) is 0 Å². The first-order valence-corrected chi connectivity index (χ1v) is 7.78. The Morgan fingerprint density at radius 3 is 2.24 bits per heavy atom. The van der Waals surface area contributed by atoms with E-state index >= 15 is 0 Å². The van der Waals surface area contributed by atoms with Crippen LogP contribution in [0.2, 0.25) is 5.02 Å². The maximum Gasteiger partial charge on any atom is 0.498 e. The van der Waals surface area contributed by atoms with E-state index in [0.29, 0.717) is 17.5 Å². The second-order valence-corrected chi connectivity index (χ2v) is 7.41. The monoisotopic (exact) mass is 310 g/mol. The molecule has 0 bridgehead atoms. The Morgan fingerprint density at radius 1 is 1.14 bits per heavy atom. The lowest BCUT2D eigenvalue weighted by molar-refractivity contribution is 0.00578. The molecule has 1 aromatic rings. The fourth-order valence-corrected chi connectivity index (χ4v) is 2.24. The third-order valence-corrected chi connectivity index (χ3v) is 4.29. The van der Waals surface area contributed by atoms with Crippen LogP contribution in [-0.4, -0.2) is 24.9 Å². The molecule has 1 fully saturated rings. The normalized spacial score (nSPS) is 20.1. The van der Waals surface area contributed by atoms with E-state index < -0.39 is 7.12 Å². The lowest BCUT2D eigenvalue weighted by atomic mass is 9.78. The van der Waals surface area contributed by atoms with Gasteiger partial charge in [0.2, 0.25) is 0 Å². The highest BCUT2D eigenvalue weighted by atomic mass is 35.5. The molecule has 116 valence electrons. The number of benzene rings is 1. The van der Waals surface area contributed by atoms with Gasteiger partial charge in [-0.05, 0) is 51.8 Å². The summed E-state index contributed by atoms with van der Waals surface area (Å²) in [5, 5.41) is 0.650. The Labute approximate surface area is 133 Å². The average Bonchev–Trinajstić information content (AvgIpc) is 2.56. The molecule has 0 amide bonds. The van der Waals surface area contributed by atoms with E-state index in [2.05, 4.69) is 13.8 Å². The quantitative estimate of drug-likeness (QED) is 0.794. The summed E-state index contributed by atoms with van der Waals surface area (Å²) in [5.41, 5.74) is 0.0896. The maximum atomic E-state index is 6.13. The van der Waals surface area contributed by atoms with Crippen molar-refractivity contribution in [2.45, 2.75) is 52.7 Å². The molecule has 5 heteroatoms. The first-order valence-electron chi connectivity index (χ1n) is 7.40. The molecule has 1 aliphatic rings. The standard InChI is InChI=1S/C16H24BClO3/c1-11(2)10-19-14-8-7-12(18)9-13(14)17-20-15(3,4)16(5,6)21-17/h7-9,11H,10H2,1-6H3. The molecule has 0 aromatic heterocycles. The molecule has 3 nitrogen and oxygen atoms in total. The molecule has 0 unspecified atom stereocenters. The average molecular weight is 311 g/mol. The second kappa shape index (κ2) is 5.83. The molecule has 21 heavy (non-hydrogen) atoms. The third-order valence-electron chi connectivity index (χ3n) is 4.05. The predicted molar refractivity (Wildman–Crippen MR) is 87.5 cm³/mol. The highest BCUT2D eigenvalue weighted by Crippen LogP contribution is 2.37. The number of hydrogen-bond donors (Lipinski definition) is 0. The van der Waals surface area contributed by atoms with Crippen LogP contribution in [0.5, 0.6) is 5.75 Å². The van der Waals surface area contributed by atoms with Gasteiger partial charge in [0.25, 0.3) is 0 Å². The molecule has 1 saturated heterocycles. The van der Waals surface area contributed by atoms with Crippen molar-refractivity contribution in [2.75, 3.05) is 6.61 Å². The Balaban J connectivity index is 2.29. The summed E-state index contributed by atoms with van der Waals surface area (Å²) >= 11 is 6.13. The zero-order chi connectivity index (χ0) is 15.8. The van der Waals surface area contributed by atoms with Gasteiger partial charge < -0.3 is 14.0 Å². The van der Waals surface area contributed by atoms with Gasteiger partial charge in [-0.3, -0.25) is 0 Å². The first-order chi connectivity index (χ1) is 9.62. The summed E-state index contributed by atoms with van der Waals surface area (Å²) in [7, 11) is -0.462. The van der Waals surface area contributed by atoms with Crippen LogP contribution in [0.15, 0.2) is 18.2 Å². The molecule has 0 spiro atoms. The van der Waals surface area contributed by atoms with Gasteiger partial charge in [-0.25, -0.2) is 0 Å². The zero-order valence-electron chi connectivity index (χ0n) is 13.7. The molecule has 1 heterocycles. The van der Waals surface area contributed by atoms with Crippen molar-refractivity contribution in [3.63, 3.8) is 0 Å². The first kappa shape index (κ1) is 16.7. The van der Waals surface area contributed by atoms with Crippen LogP contribution in [0.3, 0.4) is 0 Å². The van der Waals surface area contributed by atoms with Gasteiger partial charge >= 0.3 is 7.12 Å². The summed E-state index contributed by atoms with van der Waals surface area (Å²) in [6.07, 6.45) is 0. The van der Waals surface area contributed by atoms with Gasteiger partial charge in [-0.1, -0.05) is 25.4 Å². The van der Waals surface area contributed by atoms with Crippen LogP contribution in [-0.2, 0) is 9.31 Å². The third kappa shape index (κ3) is 3.55. The van der Waals surface area contributed by atoms with Crippen LogP contribution >= 0.6 is 11.6 Å². The molecule has 2 rings (SSSR count). The van der Waals surface area contributed by atoms with Crippen molar-refractivity contribution < 1.29 is 14.0 Å². The number of ether oxygens (including phenoxy) is 1. The molecular formula is C16H24BClO3. The van der Waals surface area contributed by atoms with Gasteiger partial charge in [0.15, 0.2) is 0 Å². The maximum absolute atomic E-state index is 6.13. The summed E-state index contributed by atoms with van der Waals surface area (Å²) < 4.78 is 18.1. The number of halogens is 1. The molecule has 0 atom stereocenters. The van der Waals surface area contributed by atoms with E-state index in [4.69, 9.17) is 25.6 Å². The molecule has 1 aliphatic heterocycles. The van der Waals surface area contributed by atoms with Crippen molar-refractivity contribution >= 4 is 24.2 Å². The fourth-order valence-electron chi connectivity index (χ4n) is 2.06. The number of rotatable bonds is 4. The Bertz CT molecular complexity index is 498. The van der Waals surface area contributed by atoms with Crippen molar-refractivity contribution in [3.8, 4) is 5.75 Å². The van der Waals surface area contributed by atoms with Crippen LogP contribution in [0.4, 0.5) is 0 Å². The summed E-state index contributed by atoms with van der Waals surface area (Å²) in [4.78, 5) is 0. The van der Waals surface area contributed by atoms with Gasteiger partial charge in [-0.2, -0.15) is 0 Å². The minimum absolute atomic E-state index is 0.380. The van der Waals surface area contributed by atoms with E-state index in [0.717, 1.165) is 11.2 Å². The van der Waals surface area contributed by atoms with E-state index in [-0.39, 0.29) is 11.2 Å². The van der Waals surface area contributed by atoms with Gasteiger partial charge in [-0.15, -0.1) is 0 Å². The molecule has 0 aliphatic carbocycles. The van der Waals surface area contributed by atoms with Gasteiger partial charge in [0.05, 0.1) is 17.8 Å².